The maximum Gasteiger partial charge on any atom is 0.258 e. The van der Waals surface area contributed by atoms with Gasteiger partial charge in [-0.3, -0.25) is 4.79 Å². The molecule has 0 spiro atoms. The number of hydrogen-bond acceptors (Lipinski definition) is 5. The van der Waals surface area contributed by atoms with Crippen LogP contribution in [0.1, 0.15) is 6.92 Å². The quantitative estimate of drug-likeness (QED) is 0.743. The zero-order valence-corrected chi connectivity index (χ0v) is 13.0. The van der Waals surface area contributed by atoms with Gasteiger partial charge in [-0.2, -0.15) is 0 Å². The van der Waals surface area contributed by atoms with Crippen molar-refractivity contribution in [1.29, 1.82) is 0 Å². The SMILES string of the molecule is COC[C@@](C)(CNC(=O)COc1cccc(OC)c1)OC. The highest BCUT2D eigenvalue weighted by molar-refractivity contribution is 5.77. The average molecular weight is 297 g/mol. The largest absolute Gasteiger partial charge is 0.497 e. The molecule has 118 valence electrons. The van der Waals surface area contributed by atoms with Crippen LogP contribution < -0.4 is 14.8 Å². The zero-order valence-electron chi connectivity index (χ0n) is 13.0. The summed E-state index contributed by atoms with van der Waals surface area (Å²) in [6, 6.07) is 7.09. The van der Waals surface area contributed by atoms with E-state index in [4.69, 9.17) is 18.9 Å². The topological polar surface area (TPSA) is 66.0 Å². The third kappa shape index (κ3) is 6.01. The fourth-order valence-corrected chi connectivity index (χ4v) is 1.66. The number of carbonyl (C=O) groups is 1. The fourth-order valence-electron chi connectivity index (χ4n) is 1.66. The summed E-state index contributed by atoms with van der Waals surface area (Å²) in [5.41, 5.74) is -0.555. The first-order valence-corrected chi connectivity index (χ1v) is 6.60. The first-order chi connectivity index (χ1) is 10.0. The molecule has 0 heterocycles. The van der Waals surface area contributed by atoms with E-state index in [1.165, 1.54) is 0 Å². The lowest BCUT2D eigenvalue weighted by Crippen LogP contribution is -2.46. The van der Waals surface area contributed by atoms with Gasteiger partial charge >= 0.3 is 0 Å². The molecule has 0 unspecified atom stereocenters. The fraction of sp³-hybridized carbons (Fsp3) is 0.533. The molecule has 1 N–H and O–H groups in total. The van der Waals surface area contributed by atoms with Crippen LogP contribution in [-0.4, -0.2) is 52.6 Å². The minimum atomic E-state index is -0.555. The molecular formula is C15H23NO5. The number of benzene rings is 1. The lowest BCUT2D eigenvalue weighted by atomic mass is 10.1. The Balaban J connectivity index is 2.40. The molecule has 21 heavy (non-hydrogen) atoms. The van der Waals surface area contributed by atoms with Crippen molar-refractivity contribution in [2.75, 3.05) is 41.1 Å². The molecule has 0 aliphatic rings. The molecule has 6 nitrogen and oxygen atoms in total. The van der Waals surface area contributed by atoms with Crippen LogP contribution in [0.25, 0.3) is 0 Å². The lowest BCUT2D eigenvalue weighted by molar-refractivity contribution is -0.125. The number of amides is 1. The number of rotatable bonds is 9. The van der Waals surface area contributed by atoms with Crippen LogP contribution >= 0.6 is 0 Å². The van der Waals surface area contributed by atoms with Crippen LogP contribution in [0.4, 0.5) is 0 Å². The van der Waals surface area contributed by atoms with Crippen molar-refractivity contribution in [2.45, 2.75) is 12.5 Å². The maximum absolute atomic E-state index is 11.8. The monoisotopic (exact) mass is 297 g/mol. The van der Waals surface area contributed by atoms with E-state index < -0.39 is 5.60 Å². The molecule has 0 aliphatic carbocycles. The third-order valence-corrected chi connectivity index (χ3v) is 3.01. The first-order valence-electron chi connectivity index (χ1n) is 6.60. The van der Waals surface area contributed by atoms with Crippen molar-refractivity contribution in [2.24, 2.45) is 0 Å². The summed E-state index contributed by atoms with van der Waals surface area (Å²) in [5, 5.41) is 2.76. The van der Waals surface area contributed by atoms with Gasteiger partial charge in [0.15, 0.2) is 6.61 Å². The normalized spacial score (nSPS) is 13.3. The van der Waals surface area contributed by atoms with E-state index >= 15 is 0 Å². The Hall–Kier alpha value is -1.79. The standard InChI is InChI=1S/C15H23NO5/c1-15(20-4,11-18-2)10-16-14(17)9-21-13-7-5-6-12(8-13)19-3/h5-8H,9-11H2,1-4H3,(H,16,17)/t15-/m1/s1. The van der Waals surface area contributed by atoms with E-state index in [0.29, 0.717) is 24.7 Å². The van der Waals surface area contributed by atoms with Gasteiger partial charge in [0.1, 0.15) is 17.1 Å². The molecule has 1 aromatic carbocycles. The smallest absolute Gasteiger partial charge is 0.258 e. The summed E-state index contributed by atoms with van der Waals surface area (Å²) in [5.74, 6) is 1.04. The molecule has 0 fully saturated rings. The number of methoxy groups -OCH3 is 3. The van der Waals surface area contributed by atoms with Crippen LogP contribution in [0.2, 0.25) is 0 Å². The lowest BCUT2D eigenvalue weighted by Gasteiger charge is -2.27. The minimum absolute atomic E-state index is 0.0695. The van der Waals surface area contributed by atoms with Crippen LogP contribution in [-0.2, 0) is 14.3 Å². The molecule has 0 aromatic heterocycles. The van der Waals surface area contributed by atoms with Gasteiger partial charge in [0, 0.05) is 26.8 Å². The van der Waals surface area contributed by atoms with Crippen molar-refractivity contribution >= 4 is 5.91 Å². The number of ether oxygens (including phenoxy) is 4. The Morgan fingerprint density at radius 2 is 1.95 bits per heavy atom. The molecule has 1 amide bonds. The number of hydrogen-bond donors (Lipinski definition) is 1. The van der Waals surface area contributed by atoms with Gasteiger partial charge in [-0.05, 0) is 19.1 Å². The molecule has 1 rings (SSSR count). The van der Waals surface area contributed by atoms with E-state index in [0.717, 1.165) is 0 Å². The maximum atomic E-state index is 11.8. The second-order valence-electron chi connectivity index (χ2n) is 4.83. The Morgan fingerprint density at radius 1 is 1.24 bits per heavy atom. The van der Waals surface area contributed by atoms with Gasteiger partial charge in [0.2, 0.25) is 0 Å². The highest BCUT2D eigenvalue weighted by Gasteiger charge is 2.24. The van der Waals surface area contributed by atoms with Crippen molar-refractivity contribution in [1.82, 2.24) is 5.32 Å². The molecular weight excluding hydrogens is 274 g/mol. The molecule has 0 saturated heterocycles. The number of nitrogens with one attached hydrogen (secondary N) is 1. The van der Waals surface area contributed by atoms with E-state index in [2.05, 4.69) is 5.32 Å². The summed E-state index contributed by atoms with van der Waals surface area (Å²) >= 11 is 0. The van der Waals surface area contributed by atoms with E-state index in [1.54, 1.807) is 39.5 Å². The van der Waals surface area contributed by atoms with Gasteiger partial charge in [-0.25, -0.2) is 0 Å². The van der Waals surface area contributed by atoms with Crippen molar-refractivity contribution in [3.63, 3.8) is 0 Å². The predicted molar refractivity (Wildman–Crippen MR) is 78.8 cm³/mol. The summed E-state index contributed by atoms with van der Waals surface area (Å²) in [7, 11) is 4.75. The van der Waals surface area contributed by atoms with Gasteiger partial charge in [0.25, 0.3) is 5.91 Å². The van der Waals surface area contributed by atoms with Crippen molar-refractivity contribution in [3.8, 4) is 11.5 Å². The van der Waals surface area contributed by atoms with Crippen LogP contribution in [0, 0.1) is 0 Å². The molecule has 0 radical (unpaired) electrons. The minimum Gasteiger partial charge on any atom is -0.497 e. The molecule has 0 aliphatic heterocycles. The summed E-state index contributed by atoms with van der Waals surface area (Å²) < 4.78 is 20.9. The van der Waals surface area contributed by atoms with E-state index in [1.807, 2.05) is 13.0 Å². The van der Waals surface area contributed by atoms with E-state index in [9.17, 15) is 4.79 Å². The van der Waals surface area contributed by atoms with Gasteiger partial charge in [0.05, 0.1) is 13.7 Å². The van der Waals surface area contributed by atoms with Crippen molar-refractivity contribution in [3.05, 3.63) is 24.3 Å². The zero-order chi connectivity index (χ0) is 15.7. The Kier molecular flexibility index (Phi) is 6.98. The number of carbonyl (C=O) groups excluding carboxylic acids is 1. The first kappa shape index (κ1) is 17.3. The summed E-state index contributed by atoms with van der Waals surface area (Å²) in [4.78, 5) is 11.8. The second kappa shape index (κ2) is 8.49. The summed E-state index contributed by atoms with van der Waals surface area (Å²) in [6.07, 6.45) is 0. The molecule has 6 heteroatoms. The van der Waals surface area contributed by atoms with Gasteiger partial charge < -0.3 is 24.3 Å². The third-order valence-electron chi connectivity index (χ3n) is 3.01. The Labute approximate surface area is 125 Å². The predicted octanol–water partition coefficient (Wildman–Crippen LogP) is 1.24. The van der Waals surface area contributed by atoms with Gasteiger partial charge in [-0.1, -0.05) is 6.07 Å². The molecule has 1 aromatic rings. The Bertz CT molecular complexity index is 451. The Morgan fingerprint density at radius 3 is 2.57 bits per heavy atom. The van der Waals surface area contributed by atoms with E-state index in [-0.39, 0.29) is 12.5 Å². The average Bonchev–Trinajstić information content (AvgIpc) is 2.51. The molecule has 0 bridgehead atoms. The van der Waals surface area contributed by atoms with Gasteiger partial charge in [-0.15, -0.1) is 0 Å². The van der Waals surface area contributed by atoms with Crippen LogP contribution in [0.15, 0.2) is 24.3 Å². The highest BCUT2D eigenvalue weighted by Crippen LogP contribution is 2.18. The molecule has 0 saturated carbocycles. The van der Waals surface area contributed by atoms with Crippen LogP contribution in [0.3, 0.4) is 0 Å². The molecule has 1 atom stereocenters. The van der Waals surface area contributed by atoms with Crippen LogP contribution in [0.5, 0.6) is 11.5 Å². The second-order valence-corrected chi connectivity index (χ2v) is 4.83. The van der Waals surface area contributed by atoms with Crippen molar-refractivity contribution < 1.29 is 23.7 Å². The highest BCUT2D eigenvalue weighted by atomic mass is 16.5. The summed E-state index contributed by atoms with van der Waals surface area (Å²) in [6.45, 7) is 2.53.